The molecule has 0 aliphatic carbocycles. The molecule has 0 radical (unpaired) electrons. The Balaban J connectivity index is 1.86. The Hall–Kier alpha value is -0.910. The van der Waals surface area contributed by atoms with Crippen LogP contribution in [0.25, 0.3) is 0 Å². The zero-order chi connectivity index (χ0) is 13.7. The Morgan fingerprint density at radius 1 is 1.42 bits per heavy atom. The number of ether oxygens (including phenoxy) is 1. The highest BCUT2D eigenvalue weighted by Gasteiger charge is 2.23. The van der Waals surface area contributed by atoms with Gasteiger partial charge in [-0.05, 0) is 24.8 Å². The third-order valence-corrected chi connectivity index (χ3v) is 4.42. The predicted octanol–water partition coefficient (Wildman–Crippen LogP) is 1.82. The van der Waals surface area contributed by atoms with Crippen molar-refractivity contribution in [2.45, 2.75) is 26.0 Å². The lowest BCUT2D eigenvalue weighted by Gasteiger charge is -2.24. The van der Waals surface area contributed by atoms with Gasteiger partial charge in [0, 0.05) is 44.7 Å². The molecule has 0 spiro atoms. The van der Waals surface area contributed by atoms with Gasteiger partial charge in [0.25, 0.3) is 5.91 Å². The molecule has 1 atom stereocenters. The quantitative estimate of drug-likeness (QED) is 0.844. The van der Waals surface area contributed by atoms with Crippen molar-refractivity contribution in [2.75, 3.05) is 33.3 Å². The van der Waals surface area contributed by atoms with Crippen LogP contribution in [0.4, 0.5) is 0 Å². The van der Waals surface area contributed by atoms with Crippen LogP contribution in [0.3, 0.4) is 0 Å². The summed E-state index contributed by atoms with van der Waals surface area (Å²) in [4.78, 5) is 17.8. The first-order chi connectivity index (χ1) is 9.20. The van der Waals surface area contributed by atoms with E-state index in [1.165, 1.54) is 4.88 Å². The highest BCUT2D eigenvalue weighted by atomic mass is 32.1. The zero-order valence-electron chi connectivity index (χ0n) is 11.7. The van der Waals surface area contributed by atoms with Gasteiger partial charge < -0.3 is 9.64 Å². The SMILES string of the molecule is COC(C)C(=O)N1CCCN(Cc2cccs2)CC1. The van der Waals surface area contributed by atoms with Crippen molar-refractivity contribution in [3.05, 3.63) is 22.4 Å². The van der Waals surface area contributed by atoms with Crippen LogP contribution in [0.5, 0.6) is 0 Å². The maximum absolute atomic E-state index is 12.1. The Morgan fingerprint density at radius 3 is 2.95 bits per heavy atom. The van der Waals surface area contributed by atoms with Gasteiger partial charge in [0.1, 0.15) is 6.10 Å². The molecule has 0 N–H and O–H groups in total. The van der Waals surface area contributed by atoms with Crippen LogP contribution < -0.4 is 0 Å². The fourth-order valence-electron chi connectivity index (χ4n) is 2.33. The van der Waals surface area contributed by atoms with Crippen molar-refractivity contribution >= 4 is 17.2 Å². The van der Waals surface area contributed by atoms with Crippen molar-refractivity contribution < 1.29 is 9.53 Å². The summed E-state index contributed by atoms with van der Waals surface area (Å²) in [6.07, 6.45) is 0.705. The Bertz CT molecular complexity index is 394. The van der Waals surface area contributed by atoms with E-state index in [1.807, 2.05) is 11.8 Å². The third kappa shape index (κ3) is 4.03. The summed E-state index contributed by atoms with van der Waals surface area (Å²) in [5.41, 5.74) is 0. The fraction of sp³-hybridized carbons (Fsp3) is 0.643. The summed E-state index contributed by atoms with van der Waals surface area (Å²) in [5.74, 6) is 0.112. The van der Waals surface area contributed by atoms with Crippen LogP contribution in [0, 0.1) is 0 Å². The molecule has 1 aliphatic rings. The number of carbonyl (C=O) groups is 1. The standard InChI is InChI=1S/C14H22N2O2S/c1-12(18-2)14(17)16-7-4-6-15(8-9-16)11-13-5-3-10-19-13/h3,5,10,12H,4,6-9,11H2,1-2H3. The Labute approximate surface area is 119 Å². The van der Waals surface area contributed by atoms with E-state index in [1.54, 1.807) is 18.4 Å². The number of rotatable bonds is 4. The molecule has 5 heteroatoms. The first kappa shape index (κ1) is 14.5. The number of amides is 1. The van der Waals surface area contributed by atoms with Gasteiger partial charge in [-0.1, -0.05) is 6.07 Å². The minimum atomic E-state index is -0.330. The average molecular weight is 282 g/mol. The molecule has 1 fully saturated rings. The molecule has 0 saturated carbocycles. The Kier molecular flexibility index (Phi) is 5.36. The first-order valence-corrected chi connectivity index (χ1v) is 7.65. The van der Waals surface area contributed by atoms with E-state index in [0.717, 1.165) is 39.1 Å². The van der Waals surface area contributed by atoms with E-state index in [0.29, 0.717) is 0 Å². The second-order valence-electron chi connectivity index (χ2n) is 4.91. The minimum absolute atomic E-state index is 0.112. The maximum atomic E-state index is 12.1. The van der Waals surface area contributed by atoms with E-state index in [4.69, 9.17) is 4.74 Å². The van der Waals surface area contributed by atoms with E-state index >= 15 is 0 Å². The van der Waals surface area contributed by atoms with Crippen molar-refractivity contribution in [3.8, 4) is 0 Å². The highest BCUT2D eigenvalue weighted by molar-refractivity contribution is 7.09. The molecule has 1 unspecified atom stereocenters. The molecule has 4 nitrogen and oxygen atoms in total. The van der Waals surface area contributed by atoms with E-state index in [-0.39, 0.29) is 12.0 Å². The fourth-order valence-corrected chi connectivity index (χ4v) is 3.08. The van der Waals surface area contributed by atoms with Gasteiger partial charge in [-0.3, -0.25) is 9.69 Å². The molecule has 0 bridgehead atoms. The van der Waals surface area contributed by atoms with Crippen LogP contribution in [0.1, 0.15) is 18.2 Å². The van der Waals surface area contributed by atoms with Gasteiger partial charge in [-0.2, -0.15) is 0 Å². The van der Waals surface area contributed by atoms with Crippen molar-refractivity contribution in [3.63, 3.8) is 0 Å². The Morgan fingerprint density at radius 2 is 2.26 bits per heavy atom. The molecular weight excluding hydrogens is 260 g/mol. The molecule has 2 rings (SSSR count). The van der Waals surface area contributed by atoms with E-state index < -0.39 is 0 Å². The molecule has 1 amide bonds. The van der Waals surface area contributed by atoms with E-state index in [2.05, 4.69) is 22.4 Å². The normalized spacial score (nSPS) is 19.2. The van der Waals surface area contributed by atoms with Crippen molar-refractivity contribution in [1.82, 2.24) is 9.80 Å². The van der Waals surface area contributed by atoms with Crippen molar-refractivity contribution in [2.24, 2.45) is 0 Å². The number of methoxy groups -OCH3 is 1. The van der Waals surface area contributed by atoms with Crippen LogP contribution in [0.15, 0.2) is 17.5 Å². The monoisotopic (exact) mass is 282 g/mol. The molecule has 1 aliphatic heterocycles. The summed E-state index contributed by atoms with van der Waals surface area (Å²) in [5, 5.41) is 2.11. The number of nitrogens with zero attached hydrogens (tertiary/aromatic N) is 2. The molecule has 106 valence electrons. The summed E-state index contributed by atoms with van der Waals surface area (Å²) in [6, 6.07) is 4.26. The molecule has 2 heterocycles. The predicted molar refractivity (Wildman–Crippen MR) is 77.3 cm³/mol. The topological polar surface area (TPSA) is 32.8 Å². The number of hydrogen-bond acceptors (Lipinski definition) is 4. The largest absolute Gasteiger partial charge is 0.372 e. The van der Waals surface area contributed by atoms with Gasteiger partial charge in [-0.15, -0.1) is 11.3 Å². The van der Waals surface area contributed by atoms with Gasteiger partial charge >= 0.3 is 0 Å². The minimum Gasteiger partial charge on any atom is -0.372 e. The van der Waals surface area contributed by atoms with Gasteiger partial charge in [-0.25, -0.2) is 0 Å². The smallest absolute Gasteiger partial charge is 0.251 e. The lowest BCUT2D eigenvalue weighted by molar-refractivity contribution is -0.140. The zero-order valence-corrected chi connectivity index (χ0v) is 12.5. The maximum Gasteiger partial charge on any atom is 0.251 e. The number of carbonyl (C=O) groups excluding carboxylic acids is 1. The summed E-state index contributed by atoms with van der Waals surface area (Å²) in [6.45, 7) is 6.46. The van der Waals surface area contributed by atoms with Crippen LogP contribution in [0.2, 0.25) is 0 Å². The molecule has 1 aromatic rings. The second kappa shape index (κ2) is 7.03. The average Bonchev–Trinajstić information content (AvgIpc) is 2.82. The molecule has 0 aromatic carbocycles. The van der Waals surface area contributed by atoms with Crippen LogP contribution >= 0.6 is 11.3 Å². The lowest BCUT2D eigenvalue weighted by Crippen LogP contribution is -2.40. The van der Waals surface area contributed by atoms with Crippen molar-refractivity contribution in [1.29, 1.82) is 0 Å². The molecule has 1 aromatic heterocycles. The first-order valence-electron chi connectivity index (χ1n) is 6.77. The van der Waals surface area contributed by atoms with Crippen LogP contribution in [-0.4, -0.2) is 55.1 Å². The molecule has 1 saturated heterocycles. The number of thiophene rings is 1. The van der Waals surface area contributed by atoms with Gasteiger partial charge in [0.15, 0.2) is 0 Å². The van der Waals surface area contributed by atoms with Crippen LogP contribution in [-0.2, 0) is 16.1 Å². The summed E-state index contributed by atoms with van der Waals surface area (Å²) < 4.78 is 5.11. The number of hydrogen-bond donors (Lipinski definition) is 0. The van der Waals surface area contributed by atoms with Gasteiger partial charge in [0.2, 0.25) is 0 Å². The van der Waals surface area contributed by atoms with Gasteiger partial charge in [0.05, 0.1) is 0 Å². The molecular formula is C14H22N2O2S. The summed E-state index contributed by atoms with van der Waals surface area (Å²) in [7, 11) is 1.59. The highest BCUT2D eigenvalue weighted by Crippen LogP contribution is 2.14. The lowest BCUT2D eigenvalue weighted by atomic mass is 10.3. The molecule has 19 heavy (non-hydrogen) atoms. The van der Waals surface area contributed by atoms with E-state index in [9.17, 15) is 4.79 Å². The summed E-state index contributed by atoms with van der Waals surface area (Å²) >= 11 is 1.80. The second-order valence-corrected chi connectivity index (χ2v) is 5.94. The third-order valence-electron chi connectivity index (χ3n) is 3.56.